The summed E-state index contributed by atoms with van der Waals surface area (Å²) < 4.78 is 15.5. The highest BCUT2D eigenvalue weighted by Gasteiger charge is 2.28. The lowest BCUT2D eigenvalue weighted by molar-refractivity contribution is 0.610. The monoisotopic (exact) mass is 409 g/mol. The predicted octanol–water partition coefficient (Wildman–Crippen LogP) is 4.25. The molecule has 29 heavy (non-hydrogen) atoms. The Morgan fingerprint density at radius 1 is 1.21 bits per heavy atom. The number of aromatic nitrogens is 6. The molecule has 1 fully saturated rings. The highest BCUT2D eigenvalue weighted by molar-refractivity contribution is 7.14. The second-order valence-electron chi connectivity index (χ2n) is 7.50. The fourth-order valence-corrected chi connectivity index (χ4v) is 4.60. The number of halogens is 1. The molecule has 0 aliphatic carbocycles. The molecule has 9 heteroatoms. The standard InChI is InChI=1S/C20H20FN7S/c1-12(2)19-25-26-20(29-19)15-11-23-28-7-5-17(24-18(15)28)27-6-3-4-16(27)13-8-14(21)10-22-9-13/h5,7-12,16H,3-4,6H2,1-2H3. The van der Waals surface area contributed by atoms with Crippen LogP contribution in [0.2, 0.25) is 0 Å². The van der Waals surface area contributed by atoms with Gasteiger partial charge in [0.05, 0.1) is 24.0 Å². The van der Waals surface area contributed by atoms with Gasteiger partial charge in [-0.1, -0.05) is 25.2 Å². The van der Waals surface area contributed by atoms with E-state index in [0.717, 1.165) is 52.0 Å². The largest absolute Gasteiger partial charge is 0.349 e. The molecule has 5 heterocycles. The molecular weight excluding hydrogens is 389 g/mol. The highest BCUT2D eigenvalue weighted by atomic mass is 32.1. The third kappa shape index (κ3) is 3.25. The van der Waals surface area contributed by atoms with Crippen molar-refractivity contribution in [2.24, 2.45) is 0 Å². The molecule has 1 unspecified atom stereocenters. The van der Waals surface area contributed by atoms with Crippen molar-refractivity contribution in [3.8, 4) is 10.6 Å². The summed E-state index contributed by atoms with van der Waals surface area (Å²) in [5.74, 6) is 0.865. The minimum absolute atomic E-state index is 0.0635. The first-order valence-corrected chi connectivity index (χ1v) is 10.5. The van der Waals surface area contributed by atoms with Gasteiger partial charge in [-0.05, 0) is 30.5 Å². The van der Waals surface area contributed by atoms with Gasteiger partial charge in [0, 0.05) is 24.9 Å². The smallest absolute Gasteiger partial charge is 0.167 e. The summed E-state index contributed by atoms with van der Waals surface area (Å²) in [5, 5.41) is 14.9. The summed E-state index contributed by atoms with van der Waals surface area (Å²) >= 11 is 1.57. The molecule has 0 aromatic carbocycles. The zero-order chi connectivity index (χ0) is 20.0. The molecule has 1 saturated heterocycles. The maximum Gasteiger partial charge on any atom is 0.167 e. The average Bonchev–Trinajstić information content (AvgIpc) is 3.45. The predicted molar refractivity (Wildman–Crippen MR) is 109 cm³/mol. The summed E-state index contributed by atoms with van der Waals surface area (Å²) in [6.45, 7) is 5.07. The Labute approximate surface area is 171 Å². The summed E-state index contributed by atoms with van der Waals surface area (Å²) in [4.78, 5) is 11.1. The van der Waals surface area contributed by atoms with Crippen LogP contribution in [0, 0.1) is 5.82 Å². The zero-order valence-corrected chi connectivity index (χ0v) is 17.0. The summed E-state index contributed by atoms with van der Waals surface area (Å²) in [7, 11) is 0. The molecular formula is C20H20FN7S. The lowest BCUT2D eigenvalue weighted by Crippen LogP contribution is -2.24. The van der Waals surface area contributed by atoms with E-state index in [1.54, 1.807) is 34.3 Å². The van der Waals surface area contributed by atoms with Crippen molar-refractivity contribution in [2.75, 3.05) is 11.4 Å². The van der Waals surface area contributed by atoms with Gasteiger partial charge in [0.2, 0.25) is 0 Å². The summed E-state index contributed by atoms with van der Waals surface area (Å²) in [5.41, 5.74) is 2.50. The molecule has 148 valence electrons. The molecule has 0 bridgehead atoms. The Morgan fingerprint density at radius 3 is 2.90 bits per heavy atom. The molecule has 0 amide bonds. The molecule has 0 radical (unpaired) electrons. The molecule has 1 aliphatic rings. The van der Waals surface area contributed by atoms with Crippen LogP contribution in [0.3, 0.4) is 0 Å². The number of rotatable bonds is 4. The minimum atomic E-state index is -0.312. The lowest BCUT2D eigenvalue weighted by Gasteiger charge is -2.26. The number of nitrogens with zero attached hydrogens (tertiary/aromatic N) is 7. The molecule has 4 aromatic heterocycles. The molecule has 1 atom stereocenters. The highest BCUT2D eigenvalue weighted by Crippen LogP contribution is 2.36. The van der Waals surface area contributed by atoms with Crippen molar-refractivity contribution in [1.29, 1.82) is 0 Å². The summed E-state index contributed by atoms with van der Waals surface area (Å²) in [6, 6.07) is 3.58. The van der Waals surface area contributed by atoms with Crippen LogP contribution in [0.4, 0.5) is 10.2 Å². The SMILES string of the molecule is CC(C)c1nnc(-c2cnn3ccc(N4CCCC4c4cncc(F)c4)nc23)s1. The fourth-order valence-electron chi connectivity index (χ4n) is 3.74. The van der Waals surface area contributed by atoms with E-state index in [4.69, 9.17) is 4.98 Å². The van der Waals surface area contributed by atoms with Crippen LogP contribution in [0.15, 0.2) is 36.9 Å². The Balaban J connectivity index is 1.54. The first-order chi connectivity index (χ1) is 14.1. The van der Waals surface area contributed by atoms with Gasteiger partial charge in [0.1, 0.15) is 16.6 Å². The topological polar surface area (TPSA) is 72.1 Å². The second-order valence-corrected chi connectivity index (χ2v) is 8.51. The Kier molecular flexibility index (Phi) is 4.46. The van der Waals surface area contributed by atoms with E-state index in [2.05, 4.69) is 39.0 Å². The van der Waals surface area contributed by atoms with Gasteiger partial charge in [0.15, 0.2) is 10.7 Å². The number of hydrogen-bond donors (Lipinski definition) is 0. The van der Waals surface area contributed by atoms with E-state index >= 15 is 0 Å². The van der Waals surface area contributed by atoms with Crippen LogP contribution >= 0.6 is 11.3 Å². The number of fused-ring (bicyclic) bond motifs is 1. The van der Waals surface area contributed by atoms with Crippen molar-refractivity contribution in [2.45, 2.75) is 38.6 Å². The summed E-state index contributed by atoms with van der Waals surface area (Å²) in [6.07, 6.45) is 8.63. The molecule has 4 aromatic rings. The number of hydrogen-bond acceptors (Lipinski definition) is 7. The van der Waals surface area contributed by atoms with Crippen LogP contribution in [0.25, 0.3) is 16.2 Å². The second kappa shape index (κ2) is 7.14. The number of pyridine rings is 1. The first-order valence-electron chi connectivity index (χ1n) is 9.65. The Hall–Kier alpha value is -2.94. The Bertz CT molecular complexity index is 1170. The maximum atomic E-state index is 13.7. The van der Waals surface area contributed by atoms with E-state index in [0.29, 0.717) is 5.92 Å². The molecule has 7 nitrogen and oxygen atoms in total. The minimum Gasteiger partial charge on any atom is -0.349 e. The van der Waals surface area contributed by atoms with E-state index in [-0.39, 0.29) is 11.9 Å². The molecule has 0 N–H and O–H groups in total. The normalized spacial score (nSPS) is 17.0. The van der Waals surface area contributed by atoms with Crippen molar-refractivity contribution >= 4 is 22.8 Å². The third-order valence-electron chi connectivity index (χ3n) is 5.18. The van der Waals surface area contributed by atoms with E-state index in [9.17, 15) is 4.39 Å². The first kappa shape index (κ1) is 18.1. The van der Waals surface area contributed by atoms with Gasteiger partial charge in [-0.25, -0.2) is 13.9 Å². The molecule has 0 saturated carbocycles. The van der Waals surface area contributed by atoms with Crippen LogP contribution in [-0.4, -0.2) is 36.3 Å². The van der Waals surface area contributed by atoms with Crippen molar-refractivity contribution in [1.82, 2.24) is 29.8 Å². The van der Waals surface area contributed by atoms with E-state index in [1.165, 1.54) is 6.20 Å². The zero-order valence-electron chi connectivity index (χ0n) is 16.2. The van der Waals surface area contributed by atoms with Gasteiger partial charge in [-0.2, -0.15) is 5.10 Å². The molecule has 0 spiro atoms. The van der Waals surface area contributed by atoms with Crippen molar-refractivity contribution < 1.29 is 4.39 Å². The van der Waals surface area contributed by atoms with E-state index in [1.807, 2.05) is 12.3 Å². The van der Waals surface area contributed by atoms with Gasteiger partial charge in [-0.3, -0.25) is 4.98 Å². The van der Waals surface area contributed by atoms with Crippen LogP contribution < -0.4 is 4.90 Å². The molecule has 1 aliphatic heterocycles. The molecule has 5 rings (SSSR count). The maximum absolute atomic E-state index is 13.7. The van der Waals surface area contributed by atoms with Crippen LogP contribution in [0.1, 0.15) is 49.2 Å². The number of anilines is 1. The third-order valence-corrected chi connectivity index (χ3v) is 6.43. The lowest BCUT2D eigenvalue weighted by atomic mass is 10.1. The van der Waals surface area contributed by atoms with Gasteiger partial charge < -0.3 is 4.90 Å². The quantitative estimate of drug-likeness (QED) is 0.502. The van der Waals surface area contributed by atoms with Gasteiger partial charge >= 0.3 is 0 Å². The van der Waals surface area contributed by atoms with Crippen molar-refractivity contribution in [3.63, 3.8) is 0 Å². The Morgan fingerprint density at radius 2 is 2.10 bits per heavy atom. The van der Waals surface area contributed by atoms with E-state index < -0.39 is 0 Å². The van der Waals surface area contributed by atoms with Crippen LogP contribution in [-0.2, 0) is 0 Å². The average molecular weight is 409 g/mol. The van der Waals surface area contributed by atoms with Crippen LogP contribution in [0.5, 0.6) is 0 Å². The van der Waals surface area contributed by atoms with Crippen molar-refractivity contribution in [3.05, 3.63) is 53.3 Å². The van der Waals surface area contributed by atoms with Gasteiger partial charge in [0.25, 0.3) is 0 Å². The fraction of sp³-hybridized carbons (Fsp3) is 0.350. The van der Waals surface area contributed by atoms with Gasteiger partial charge in [-0.15, -0.1) is 10.2 Å².